The standard InChI is InChI=1S/C12H10N2O5/c1-18-11(17)7-3-2-4-8(5-7)13-12-14-9(6-19-12)10(15)16/h2-6H,1H3,(H,13,14)(H,15,16). The minimum absolute atomic E-state index is 0.0272. The van der Waals surface area contributed by atoms with Crippen molar-refractivity contribution in [2.24, 2.45) is 0 Å². The van der Waals surface area contributed by atoms with Gasteiger partial charge in [0.1, 0.15) is 6.26 Å². The Hall–Kier alpha value is -2.83. The zero-order valence-electron chi connectivity index (χ0n) is 9.91. The summed E-state index contributed by atoms with van der Waals surface area (Å²) in [7, 11) is 1.29. The molecule has 7 nitrogen and oxygen atoms in total. The first-order valence-corrected chi connectivity index (χ1v) is 5.24. The fourth-order valence-corrected chi connectivity index (χ4v) is 1.39. The topological polar surface area (TPSA) is 102 Å². The number of benzene rings is 1. The van der Waals surface area contributed by atoms with Crippen LogP contribution < -0.4 is 5.32 Å². The number of carbonyl (C=O) groups excluding carboxylic acids is 1. The number of hydrogen-bond acceptors (Lipinski definition) is 6. The van der Waals surface area contributed by atoms with E-state index in [1.165, 1.54) is 13.2 Å². The molecular weight excluding hydrogens is 252 g/mol. The molecule has 0 saturated carbocycles. The molecule has 0 radical (unpaired) electrons. The summed E-state index contributed by atoms with van der Waals surface area (Å²) in [5.74, 6) is -1.65. The molecule has 0 amide bonds. The molecule has 0 spiro atoms. The molecule has 0 aliphatic heterocycles. The van der Waals surface area contributed by atoms with E-state index in [0.29, 0.717) is 11.3 Å². The molecule has 7 heteroatoms. The van der Waals surface area contributed by atoms with Crippen molar-refractivity contribution in [3.05, 3.63) is 41.8 Å². The molecule has 1 aromatic carbocycles. The molecule has 0 aliphatic carbocycles. The molecule has 0 unspecified atom stereocenters. The van der Waals surface area contributed by atoms with Crippen molar-refractivity contribution in [1.82, 2.24) is 4.98 Å². The molecule has 1 heterocycles. The number of carboxylic acid groups (broad SMARTS) is 1. The van der Waals surface area contributed by atoms with E-state index in [-0.39, 0.29) is 11.7 Å². The summed E-state index contributed by atoms with van der Waals surface area (Å²) in [6.07, 6.45) is 1.02. The number of aromatic carboxylic acids is 1. The van der Waals surface area contributed by atoms with E-state index in [2.05, 4.69) is 15.0 Å². The van der Waals surface area contributed by atoms with E-state index in [9.17, 15) is 9.59 Å². The second kappa shape index (κ2) is 5.21. The first-order valence-electron chi connectivity index (χ1n) is 5.24. The summed E-state index contributed by atoms with van der Waals surface area (Å²) in [4.78, 5) is 25.7. The van der Waals surface area contributed by atoms with Crippen molar-refractivity contribution in [3.63, 3.8) is 0 Å². The number of rotatable bonds is 4. The number of carboxylic acids is 1. The highest BCUT2D eigenvalue weighted by Gasteiger charge is 2.11. The summed E-state index contributed by atoms with van der Waals surface area (Å²) < 4.78 is 9.53. The van der Waals surface area contributed by atoms with Crippen LogP contribution in [0.25, 0.3) is 0 Å². The van der Waals surface area contributed by atoms with Crippen molar-refractivity contribution in [1.29, 1.82) is 0 Å². The Morgan fingerprint density at radius 3 is 2.84 bits per heavy atom. The number of aromatic nitrogens is 1. The maximum atomic E-state index is 11.3. The average molecular weight is 262 g/mol. The molecule has 0 aliphatic rings. The van der Waals surface area contributed by atoms with Gasteiger partial charge in [-0.25, -0.2) is 9.59 Å². The summed E-state index contributed by atoms with van der Waals surface area (Å²) >= 11 is 0. The molecule has 0 fully saturated rings. The molecule has 2 N–H and O–H groups in total. The van der Waals surface area contributed by atoms with Gasteiger partial charge in [0.2, 0.25) is 0 Å². The highest BCUT2D eigenvalue weighted by Crippen LogP contribution is 2.17. The maximum Gasteiger partial charge on any atom is 0.357 e. The number of hydrogen-bond donors (Lipinski definition) is 2. The summed E-state index contributed by atoms with van der Waals surface area (Å²) in [6.45, 7) is 0. The predicted octanol–water partition coefficient (Wildman–Crippen LogP) is 1.90. The molecule has 0 bridgehead atoms. The van der Waals surface area contributed by atoms with Crippen LogP contribution >= 0.6 is 0 Å². The number of nitrogens with one attached hydrogen (secondary N) is 1. The number of anilines is 2. The summed E-state index contributed by atoms with van der Waals surface area (Å²) in [5.41, 5.74) is 0.686. The van der Waals surface area contributed by atoms with Crippen LogP contribution in [-0.4, -0.2) is 29.1 Å². The summed E-state index contributed by atoms with van der Waals surface area (Å²) in [6, 6.07) is 6.48. The van der Waals surface area contributed by atoms with Crippen molar-refractivity contribution < 1.29 is 23.8 Å². The van der Waals surface area contributed by atoms with Gasteiger partial charge in [0.15, 0.2) is 5.69 Å². The number of oxazole rings is 1. The lowest BCUT2D eigenvalue weighted by Gasteiger charge is -2.03. The lowest BCUT2D eigenvalue weighted by atomic mass is 10.2. The van der Waals surface area contributed by atoms with Crippen LogP contribution in [0.3, 0.4) is 0 Å². The number of methoxy groups -OCH3 is 1. The third-order valence-corrected chi connectivity index (χ3v) is 2.26. The normalized spacial score (nSPS) is 9.95. The van der Waals surface area contributed by atoms with Gasteiger partial charge in [-0.1, -0.05) is 6.07 Å². The molecule has 19 heavy (non-hydrogen) atoms. The highest BCUT2D eigenvalue weighted by atomic mass is 16.5. The second-order valence-corrected chi connectivity index (χ2v) is 3.54. The second-order valence-electron chi connectivity index (χ2n) is 3.54. The Bertz CT molecular complexity index is 620. The molecule has 2 aromatic rings. The van der Waals surface area contributed by atoms with Crippen molar-refractivity contribution in [2.75, 3.05) is 12.4 Å². The average Bonchev–Trinajstić information content (AvgIpc) is 2.87. The number of esters is 1. The Morgan fingerprint density at radius 2 is 2.21 bits per heavy atom. The Kier molecular flexibility index (Phi) is 3.46. The van der Waals surface area contributed by atoms with Crippen LogP contribution in [0.2, 0.25) is 0 Å². The van der Waals surface area contributed by atoms with E-state index < -0.39 is 11.9 Å². The quantitative estimate of drug-likeness (QED) is 0.811. The lowest BCUT2D eigenvalue weighted by molar-refractivity contribution is 0.0599. The van der Waals surface area contributed by atoms with Crippen LogP contribution in [0, 0.1) is 0 Å². The van der Waals surface area contributed by atoms with Gasteiger partial charge in [-0.15, -0.1) is 0 Å². The molecule has 1 aromatic heterocycles. The third-order valence-electron chi connectivity index (χ3n) is 2.26. The van der Waals surface area contributed by atoms with Gasteiger partial charge in [0.25, 0.3) is 6.01 Å². The predicted molar refractivity (Wildman–Crippen MR) is 64.5 cm³/mol. The van der Waals surface area contributed by atoms with Crippen molar-refractivity contribution in [2.45, 2.75) is 0 Å². The van der Waals surface area contributed by atoms with Crippen LogP contribution in [0.15, 0.2) is 34.9 Å². The zero-order chi connectivity index (χ0) is 13.8. The molecule has 0 saturated heterocycles. The lowest BCUT2D eigenvalue weighted by Crippen LogP contribution is -2.02. The van der Waals surface area contributed by atoms with Gasteiger partial charge < -0.3 is 19.6 Å². The van der Waals surface area contributed by atoms with E-state index >= 15 is 0 Å². The fraction of sp³-hybridized carbons (Fsp3) is 0.0833. The van der Waals surface area contributed by atoms with Crippen LogP contribution in [0.1, 0.15) is 20.8 Å². The SMILES string of the molecule is COC(=O)c1cccc(Nc2nc(C(=O)O)co2)c1. The Labute approximate surface area is 107 Å². The number of carbonyl (C=O) groups is 2. The first kappa shape index (κ1) is 12.6. The van der Waals surface area contributed by atoms with Gasteiger partial charge in [-0.05, 0) is 18.2 Å². The highest BCUT2D eigenvalue weighted by molar-refractivity contribution is 5.90. The monoisotopic (exact) mass is 262 g/mol. The molecule has 2 rings (SSSR count). The van der Waals surface area contributed by atoms with Crippen molar-refractivity contribution >= 4 is 23.6 Å². The number of ether oxygens (including phenoxy) is 1. The number of nitrogens with zero attached hydrogens (tertiary/aromatic N) is 1. The third kappa shape index (κ3) is 2.89. The van der Waals surface area contributed by atoms with Crippen molar-refractivity contribution in [3.8, 4) is 0 Å². The summed E-state index contributed by atoms with van der Waals surface area (Å²) in [5, 5.41) is 11.5. The molecule has 98 valence electrons. The van der Waals surface area contributed by atoms with Gasteiger partial charge in [-0.2, -0.15) is 4.98 Å². The van der Waals surface area contributed by atoms with Crippen LogP contribution in [-0.2, 0) is 4.74 Å². The van der Waals surface area contributed by atoms with Crippen LogP contribution in [0.4, 0.5) is 11.7 Å². The largest absolute Gasteiger partial charge is 0.476 e. The van der Waals surface area contributed by atoms with Gasteiger partial charge in [-0.3, -0.25) is 0 Å². The van der Waals surface area contributed by atoms with E-state index in [4.69, 9.17) is 9.52 Å². The molecule has 0 atom stereocenters. The Morgan fingerprint density at radius 1 is 1.42 bits per heavy atom. The molecular formula is C12H10N2O5. The minimum Gasteiger partial charge on any atom is -0.476 e. The smallest absolute Gasteiger partial charge is 0.357 e. The first-order chi connectivity index (χ1) is 9.10. The van der Waals surface area contributed by atoms with Gasteiger partial charge >= 0.3 is 11.9 Å². The Balaban J connectivity index is 2.18. The van der Waals surface area contributed by atoms with Crippen LogP contribution in [0.5, 0.6) is 0 Å². The fourth-order valence-electron chi connectivity index (χ4n) is 1.39. The van der Waals surface area contributed by atoms with E-state index in [1.807, 2.05) is 0 Å². The maximum absolute atomic E-state index is 11.3. The zero-order valence-corrected chi connectivity index (χ0v) is 9.91. The van der Waals surface area contributed by atoms with E-state index in [1.54, 1.807) is 18.2 Å². The van der Waals surface area contributed by atoms with Gasteiger partial charge in [0.05, 0.1) is 12.7 Å². The van der Waals surface area contributed by atoms with Gasteiger partial charge in [0, 0.05) is 5.69 Å². The minimum atomic E-state index is -1.18. The van der Waals surface area contributed by atoms with E-state index in [0.717, 1.165) is 6.26 Å².